The van der Waals surface area contributed by atoms with Gasteiger partial charge in [0.05, 0.1) is 13.7 Å². The Hall–Kier alpha value is -2.88. The Morgan fingerprint density at radius 2 is 1.82 bits per heavy atom. The number of benzene rings is 1. The zero-order valence-corrected chi connectivity index (χ0v) is 12.3. The van der Waals surface area contributed by atoms with E-state index in [9.17, 15) is 4.79 Å². The first-order valence-corrected chi connectivity index (χ1v) is 7.00. The molecular formula is C18H16N2O2. The highest BCUT2D eigenvalue weighted by Crippen LogP contribution is 2.21. The van der Waals surface area contributed by atoms with Crippen LogP contribution in [-0.2, 0) is 6.54 Å². The zero-order chi connectivity index (χ0) is 15.4. The highest BCUT2D eigenvalue weighted by atomic mass is 16.5. The fourth-order valence-corrected chi connectivity index (χ4v) is 2.30. The summed E-state index contributed by atoms with van der Waals surface area (Å²) in [5, 5.41) is 0. The van der Waals surface area contributed by atoms with Gasteiger partial charge >= 0.3 is 0 Å². The highest BCUT2D eigenvalue weighted by molar-refractivity contribution is 5.63. The van der Waals surface area contributed by atoms with E-state index in [-0.39, 0.29) is 5.56 Å². The number of aromatic nitrogens is 2. The van der Waals surface area contributed by atoms with Crippen LogP contribution in [0.3, 0.4) is 0 Å². The van der Waals surface area contributed by atoms with Gasteiger partial charge in [-0.1, -0.05) is 18.2 Å². The maximum absolute atomic E-state index is 12.0. The molecule has 1 aromatic carbocycles. The first-order valence-electron chi connectivity index (χ1n) is 7.00. The molecule has 0 atom stereocenters. The lowest BCUT2D eigenvalue weighted by Gasteiger charge is -2.09. The summed E-state index contributed by atoms with van der Waals surface area (Å²) in [7, 11) is 1.64. The minimum absolute atomic E-state index is 0.0267. The van der Waals surface area contributed by atoms with E-state index in [2.05, 4.69) is 4.98 Å². The van der Waals surface area contributed by atoms with Crippen LogP contribution in [0.4, 0.5) is 0 Å². The highest BCUT2D eigenvalue weighted by Gasteiger charge is 2.03. The minimum atomic E-state index is -0.0267. The van der Waals surface area contributed by atoms with Crippen molar-refractivity contribution in [1.29, 1.82) is 0 Å². The Bertz CT molecular complexity index is 808. The molecule has 110 valence electrons. The van der Waals surface area contributed by atoms with E-state index in [1.807, 2.05) is 48.7 Å². The lowest BCUT2D eigenvalue weighted by atomic mass is 10.1. The second-order valence-electron chi connectivity index (χ2n) is 4.97. The van der Waals surface area contributed by atoms with E-state index in [0.29, 0.717) is 6.54 Å². The molecule has 0 saturated carbocycles. The van der Waals surface area contributed by atoms with Crippen molar-refractivity contribution >= 4 is 0 Å². The van der Waals surface area contributed by atoms with Gasteiger partial charge in [-0.05, 0) is 41.0 Å². The number of hydrogen-bond donors (Lipinski definition) is 0. The molecular weight excluding hydrogens is 276 g/mol. The molecule has 0 amide bonds. The number of pyridine rings is 2. The predicted molar refractivity (Wildman–Crippen MR) is 86.0 cm³/mol. The van der Waals surface area contributed by atoms with Crippen molar-refractivity contribution in [2.45, 2.75) is 6.54 Å². The molecule has 4 nitrogen and oxygen atoms in total. The molecule has 3 rings (SSSR count). The third-order valence-corrected chi connectivity index (χ3v) is 3.48. The van der Waals surface area contributed by atoms with Gasteiger partial charge < -0.3 is 9.30 Å². The van der Waals surface area contributed by atoms with Gasteiger partial charge in [0.2, 0.25) is 0 Å². The second kappa shape index (κ2) is 6.26. The lowest BCUT2D eigenvalue weighted by Crippen LogP contribution is -2.19. The molecule has 0 unspecified atom stereocenters. The Morgan fingerprint density at radius 3 is 2.50 bits per heavy atom. The van der Waals surface area contributed by atoms with Crippen LogP contribution in [0.1, 0.15) is 5.56 Å². The standard InChI is InChI=1S/C18H16N2O2/c1-22-17-7-4-15(5-8-17)16-6-9-18(21)20(13-16)12-14-3-2-10-19-11-14/h2-11,13H,12H2,1H3. The Balaban J connectivity index is 1.93. The third kappa shape index (κ3) is 3.06. The molecule has 0 aliphatic carbocycles. The molecule has 2 aromatic heterocycles. The van der Waals surface area contributed by atoms with E-state index in [1.165, 1.54) is 0 Å². The van der Waals surface area contributed by atoms with Crippen LogP contribution in [0.25, 0.3) is 11.1 Å². The molecule has 22 heavy (non-hydrogen) atoms. The molecule has 0 aliphatic heterocycles. The molecule has 0 saturated heterocycles. The molecule has 0 fully saturated rings. The molecule has 0 aliphatic rings. The second-order valence-corrected chi connectivity index (χ2v) is 4.97. The molecule has 0 N–H and O–H groups in total. The summed E-state index contributed by atoms with van der Waals surface area (Å²) in [6, 6.07) is 15.0. The van der Waals surface area contributed by atoms with Gasteiger partial charge in [0.1, 0.15) is 5.75 Å². The van der Waals surface area contributed by atoms with Crippen LogP contribution in [-0.4, -0.2) is 16.7 Å². The van der Waals surface area contributed by atoms with Gasteiger partial charge in [-0.15, -0.1) is 0 Å². The van der Waals surface area contributed by atoms with Crippen LogP contribution in [0, 0.1) is 0 Å². The van der Waals surface area contributed by atoms with E-state index < -0.39 is 0 Å². The largest absolute Gasteiger partial charge is 0.497 e. The van der Waals surface area contributed by atoms with Crippen LogP contribution < -0.4 is 10.3 Å². The van der Waals surface area contributed by atoms with Crippen molar-refractivity contribution < 1.29 is 4.74 Å². The summed E-state index contributed by atoms with van der Waals surface area (Å²) in [5.41, 5.74) is 3.00. The summed E-state index contributed by atoms with van der Waals surface area (Å²) >= 11 is 0. The zero-order valence-electron chi connectivity index (χ0n) is 12.3. The smallest absolute Gasteiger partial charge is 0.250 e. The summed E-state index contributed by atoms with van der Waals surface area (Å²) in [5.74, 6) is 0.812. The predicted octanol–water partition coefficient (Wildman–Crippen LogP) is 2.97. The Morgan fingerprint density at radius 1 is 1.05 bits per heavy atom. The molecule has 0 radical (unpaired) electrons. The van der Waals surface area contributed by atoms with Gasteiger partial charge in [-0.3, -0.25) is 9.78 Å². The maximum Gasteiger partial charge on any atom is 0.250 e. The average Bonchev–Trinajstić information content (AvgIpc) is 2.58. The molecule has 2 heterocycles. The summed E-state index contributed by atoms with van der Waals surface area (Å²) < 4.78 is 6.86. The van der Waals surface area contributed by atoms with Crippen LogP contribution in [0.2, 0.25) is 0 Å². The number of methoxy groups -OCH3 is 1. The number of rotatable bonds is 4. The van der Waals surface area contributed by atoms with Crippen molar-refractivity contribution in [3.8, 4) is 16.9 Å². The van der Waals surface area contributed by atoms with Crippen molar-refractivity contribution in [2.24, 2.45) is 0 Å². The number of nitrogens with zero attached hydrogens (tertiary/aromatic N) is 2. The van der Waals surface area contributed by atoms with E-state index in [0.717, 1.165) is 22.4 Å². The summed E-state index contributed by atoms with van der Waals surface area (Å²) in [6.45, 7) is 0.511. The average molecular weight is 292 g/mol. The van der Waals surface area contributed by atoms with Gasteiger partial charge in [0, 0.05) is 24.7 Å². The Kier molecular flexibility index (Phi) is 4.01. The van der Waals surface area contributed by atoms with E-state index in [4.69, 9.17) is 4.74 Å². The van der Waals surface area contributed by atoms with Crippen molar-refractivity contribution in [3.05, 3.63) is 83.0 Å². The Labute approximate surface area is 128 Å². The van der Waals surface area contributed by atoms with Gasteiger partial charge in [0.15, 0.2) is 0 Å². The van der Waals surface area contributed by atoms with Gasteiger partial charge in [0.25, 0.3) is 5.56 Å². The first kappa shape index (κ1) is 14.1. The summed E-state index contributed by atoms with van der Waals surface area (Å²) in [6.07, 6.45) is 5.36. The minimum Gasteiger partial charge on any atom is -0.497 e. The molecule has 3 aromatic rings. The van der Waals surface area contributed by atoms with Gasteiger partial charge in [-0.25, -0.2) is 0 Å². The van der Waals surface area contributed by atoms with Crippen LogP contribution in [0.15, 0.2) is 71.9 Å². The SMILES string of the molecule is COc1ccc(-c2ccc(=O)n(Cc3cccnc3)c2)cc1. The fraction of sp³-hybridized carbons (Fsp3) is 0.111. The van der Waals surface area contributed by atoms with Crippen molar-refractivity contribution in [1.82, 2.24) is 9.55 Å². The first-order chi connectivity index (χ1) is 10.8. The van der Waals surface area contributed by atoms with Crippen molar-refractivity contribution in [2.75, 3.05) is 7.11 Å². The van der Waals surface area contributed by atoms with Crippen molar-refractivity contribution in [3.63, 3.8) is 0 Å². The van der Waals surface area contributed by atoms with Crippen LogP contribution in [0.5, 0.6) is 5.75 Å². The topological polar surface area (TPSA) is 44.1 Å². The lowest BCUT2D eigenvalue weighted by molar-refractivity contribution is 0.415. The monoisotopic (exact) mass is 292 g/mol. The molecule has 0 bridgehead atoms. The maximum atomic E-state index is 12.0. The quantitative estimate of drug-likeness (QED) is 0.742. The van der Waals surface area contributed by atoms with E-state index >= 15 is 0 Å². The van der Waals surface area contributed by atoms with Gasteiger partial charge in [-0.2, -0.15) is 0 Å². The number of hydrogen-bond acceptors (Lipinski definition) is 3. The van der Waals surface area contributed by atoms with Crippen LogP contribution >= 0.6 is 0 Å². The molecule has 0 spiro atoms. The number of ether oxygens (including phenoxy) is 1. The van der Waals surface area contributed by atoms with E-state index in [1.54, 1.807) is 30.1 Å². The summed E-state index contributed by atoms with van der Waals surface area (Å²) in [4.78, 5) is 16.1. The normalized spacial score (nSPS) is 10.4. The third-order valence-electron chi connectivity index (χ3n) is 3.48. The fourth-order valence-electron chi connectivity index (χ4n) is 2.30. The molecule has 4 heteroatoms.